The molecule has 0 aliphatic rings. The first kappa shape index (κ1) is 57.2. The lowest BCUT2D eigenvalue weighted by Crippen LogP contribution is -2.45. The Morgan fingerprint density at radius 3 is 1.51 bits per heavy atom. The predicted octanol–water partition coefficient (Wildman–Crippen LogP) is 13.8. The minimum absolute atomic E-state index is 0.0504. The second-order valence-corrected chi connectivity index (χ2v) is 18.9. The first-order valence-corrected chi connectivity index (χ1v) is 25.7. The molecule has 1 amide bonds. The summed E-state index contributed by atoms with van der Waals surface area (Å²) in [6.45, 7) is 4.72. The molecule has 3 unspecified atom stereocenters. The van der Waals surface area contributed by atoms with Crippen molar-refractivity contribution in [3.05, 3.63) is 60.8 Å². The molecule has 0 heterocycles. The Morgan fingerprint density at radius 2 is 1.00 bits per heavy atom. The molecule has 0 bridgehead atoms. The van der Waals surface area contributed by atoms with E-state index in [4.69, 9.17) is 9.05 Å². The number of phosphoric ester groups is 1. The molecule has 344 valence electrons. The first-order valence-electron chi connectivity index (χ1n) is 24.2. The number of likely N-dealkylation sites (N-methyl/N-ethyl adjacent to an activating group) is 1. The molecular weight excluding hydrogens is 756 g/mol. The Morgan fingerprint density at radius 1 is 0.576 bits per heavy atom. The van der Waals surface area contributed by atoms with Crippen molar-refractivity contribution < 1.29 is 32.9 Å². The van der Waals surface area contributed by atoms with Crippen molar-refractivity contribution >= 4 is 13.7 Å². The maximum absolute atomic E-state index is 12.9. The Hall–Kier alpha value is -1.80. The molecule has 0 aliphatic heterocycles. The van der Waals surface area contributed by atoms with Gasteiger partial charge in [0.15, 0.2) is 0 Å². The standard InChI is InChI=1S/C50H93N2O6P/c1-6-8-10-12-14-16-18-20-21-22-23-24-25-26-27-28-29-30-31-32-34-36-38-40-42-44-50(54)51-48(47-58-59(55,56)57-46-45-52(3,4)5)49(53)43-41-39-37-35-33-19-17-15-13-11-9-7-2/h13,15,23-24,26-27,33,35,41,43,48-49,53H,6-12,14,16-22,25,28-32,34,36-40,42,44-47H2,1-5H3,(H-,51,54,55,56)/p+1/b15-13+,24-23-,27-26-,35-33+,43-41+. The van der Waals surface area contributed by atoms with E-state index in [1.807, 2.05) is 27.2 Å². The minimum atomic E-state index is -4.35. The molecule has 0 saturated carbocycles. The molecule has 0 radical (unpaired) electrons. The molecule has 0 fully saturated rings. The summed E-state index contributed by atoms with van der Waals surface area (Å²) in [5, 5.41) is 13.8. The number of phosphoric acid groups is 1. The van der Waals surface area contributed by atoms with Gasteiger partial charge in [-0.2, -0.15) is 0 Å². The summed E-state index contributed by atoms with van der Waals surface area (Å²) in [5.41, 5.74) is 0. The molecule has 8 nitrogen and oxygen atoms in total. The number of nitrogens with zero attached hydrogens (tertiary/aromatic N) is 1. The van der Waals surface area contributed by atoms with Crippen LogP contribution in [0.4, 0.5) is 0 Å². The van der Waals surface area contributed by atoms with E-state index >= 15 is 0 Å². The summed E-state index contributed by atoms with van der Waals surface area (Å²) in [5.74, 6) is -0.199. The normalized spacial score (nSPS) is 14.8. The number of aliphatic hydroxyl groups excluding tert-OH is 1. The van der Waals surface area contributed by atoms with Gasteiger partial charge in [0.05, 0.1) is 39.9 Å². The van der Waals surface area contributed by atoms with E-state index in [1.54, 1.807) is 6.08 Å². The number of amides is 1. The van der Waals surface area contributed by atoms with E-state index in [-0.39, 0.29) is 19.1 Å². The number of nitrogens with one attached hydrogen (secondary N) is 1. The fourth-order valence-electron chi connectivity index (χ4n) is 6.56. The molecule has 3 atom stereocenters. The van der Waals surface area contributed by atoms with Crippen LogP contribution in [0.3, 0.4) is 0 Å². The average molecular weight is 850 g/mol. The fourth-order valence-corrected chi connectivity index (χ4v) is 7.30. The van der Waals surface area contributed by atoms with E-state index in [0.29, 0.717) is 17.4 Å². The van der Waals surface area contributed by atoms with E-state index in [2.05, 4.69) is 67.8 Å². The number of hydrogen-bond donors (Lipinski definition) is 3. The van der Waals surface area contributed by atoms with E-state index in [0.717, 1.165) is 57.8 Å². The molecule has 0 aromatic heterocycles. The highest BCUT2D eigenvalue weighted by atomic mass is 31.2. The zero-order chi connectivity index (χ0) is 43.6. The van der Waals surface area contributed by atoms with Crippen LogP contribution >= 0.6 is 7.82 Å². The molecule has 0 rings (SSSR count). The smallest absolute Gasteiger partial charge is 0.387 e. The van der Waals surface area contributed by atoms with Gasteiger partial charge in [0, 0.05) is 6.42 Å². The van der Waals surface area contributed by atoms with Gasteiger partial charge in [-0.05, 0) is 70.6 Å². The van der Waals surface area contributed by atoms with Gasteiger partial charge in [-0.3, -0.25) is 13.8 Å². The van der Waals surface area contributed by atoms with Crippen LogP contribution < -0.4 is 5.32 Å². The van der Waals surface area contributed by atoms with Gasteiger partial charge >= 0.3 is 7.82 Å². The maximum atomic E-state index is 12.9. The Labute approximate surface area is 364 Å². The largest absolute Gasteiger partial charge is 0.472 e. The highest BCUT2D eigenvalue weighted by Gasteiger charge is 2.27. The van der Waals surface area contributed by atoms with Crippen LogP contribution in [-0.4, -0.2) is 73.4 Å². The van der Waals surface area contributed by atoms with Crippen LogP contribution in [0, 0.1) is 0 Å². The lowest BCUT2D eigenvalue weighted by Gasteiger charge is -2.25. The summed E-state index contributed by atoms with van der Waals surface area (Å²) in [4.78, 5) is 23.1. The van der Waals surface area contributed by atoms with Gasteiger partial charge in [0.25, 0.3) is 0 Å². The Bertz CT molecular complexity index is 1140. The summed E-state index contributed by atoms with van der Waals surface area (Å²) >= 11 is 0. The third kappa shape index (κ3) is 44.1. The second kappa shape index (κ2) is 41.5. The van der Waals surface area contributed by atoms with Crippen molar-refractivity contribution in [2.45, 2.75) is 212 Å². The Kier molecular flexibility index (Phi) is 40.3. The summed E-state index contributed by atoms with van der Waals surface area (Å²) in [6, 6.07) is -0.872. The molecule has 0 aliphatic carbocycles. The van der Waals surface area contributed by atoms with Crippen molar-refractivity contribution in [2.75, 3.05) is 40.9 Å². The van der Waals surface area contributed by atoms with Crippen molar-refractivity contribution in [1.29, 1.82) is 0 Å². The van der Waals surface area contributed by atoms with Crippen LogP contribution in [-0.2, 0) is 18.4 Å². The first-order chi connectivity index (χ1) is 28.5. The van der Waals surface area contributed by atoms with Gasteiger partial charge in [0.2, 0.25) is 5.91 Å². The van der Waals surface area contributed by atoms with Crippen LogP contribution in [0.15, 0.2) is 60.8 Å². The quantitative estimate of drug-likeness (QED) is 0.0244. The van der Waals surface area contributed by atoms with Crippen molar-refractivity contribution in [2.24, 2.45) is 0 Å². The number of quaternary nitrogens is 1. The van der Waals surface area contributed by atoms with Gasteiger partial charge in [-0.1, -0.05) is 184 Å². The van der Waals surface area contributed by atoms with Crippen LogP contribution in [0.5, 0.6) is 0 Å². The molecule has 0 spiro atoms. The topological polar surface area (TPSA) is 105 Å². The average Bonchev–Trinajstić information content (AvgIpc) is 3.19. The number of carbonyl (C=O) groups excluding carboxylic acids is 1. The van der Waals surface area contributed by atoms with E-state index in [9.17, 15) is 19.4 Å². The highest BCUT2D eigenvalue weighted by Crippen LogP contribution is 2.43. The van der Waals surface area contributed by atoms with E-state index in [1.165, 1.54) is 122 Å². The number of aliphatic hydroxyl groups is 1. The van der Waals surface area contributed by atoms with Gasteiger partial charge < -0.3 is 19.8 Å². The maximum Gasteiger partial charge on any atom is 0.472 e. The third-order valence-corrected chi connectivity index (χ3v) is 11.4. The Balaban J connectivity index is 4.28. The number of hydrogen-bond acceptors (Lipinski definition) is 5. The second-order valence-electron chi connectivity index (χ2n) is 17.5. The monoisotopic (exact) mass is 850 g/mol. The van der Waals surface area contributed by atoms with Crippen LogP contribution in [0.2, 0.25) is 0 Å². The molecule has 9 heteroatoms. The molecule has 0 saturated heterocycles. The highest BCUT2D eigenvalue weighted by molar-refractivity contribution is 7.47. The zero-order valence-corrected chi connectivity index (χ0v) is 39.9. The molecule has 0 aromatic carbocycles. The van der Waals surface area contributed by atoms with Crippen LogP contribution in [0.25, 0.3) is 0 Å². The number of allylic oxidation sites excluding steroid dienone is 9. The predicted molar refractivity (Wildman–Crippen MR) is 254 cm³/mol. The molecular formula is C50H94N2O6P+. The zero-order valence-electron chi connectivity index (χ0n) is 39.0. The fraction of sp³-hybridized carbons (Fsp3) is 0.780. The van der Waals surface area contributed by atoms with Gasteiger partial charge in [-0.15, -0.1) is 0 Å². The SMILES string of the molecule is CCCC/C=C/CC/C=C/CC/C=C/C(O)C(COP(=O)(O)OCC[N+](C)(C)C)NC(=O)CCCCCCCCCCC/C=C\C/C=C\CCCCCCCCCCC. The van der Waals surface area contributed by atoms with E-state index < -0.39 is 20.0 Å². The lowest BCUT2D eigenvalue weighted by molar-refractivity contribution is -0.870. The van der Waals surface area contributed by atoms with Crippen molar-refractivity contribution in [1.82, 2.24) is 5.32 Å². The van der Waals surface area contributed by atoms with Crippen LogP contribution in [0.1, 0.15) is 200 Å². The number of rotatable bonds is 43. The van der Waals surface area contributed by atoms with Gasteiger partial charge in [-0.25, -0.2) is 4.57 Å². The summed E-state index contributed by atoms with van der Waals surface area (Å²) in [7, 11) is 1.53. The third-order valence-electron chi connectivity index (χ3n) is 10.4. The van der Waals surface area contributed by atoms with Crippen molar-refractivity contribution in [3.8, 4) is 0 Å². The van der Waals surface area contributed by atoms with Crippen molar-refractivity contribution in [3.63, 3.8) is 0 Å². The summed E-state index contributed by atoms with van der Waals surface area (Å²) in [6.07, 6.45) is 54.5. The lowest BCUT2D eigenvalue weighted by atomic mass is 10.1. The number of unbranched alkanes of at least 4 members (excludes halogenated alkanes) is 22. The minimum Gasteiger partial charge on any atom is -0.387 e. The molecule has 59 heavy (non-hydrogen) atoms. The number of carbonyl (C=O) groups is 1. The van der Waals surface area contributed by atoms with Gasteiger partial charge in [0.1, 0.15) is 13.2 Å². The molecule has 0 aromatic rings. The molecule has 3 N–H and O–H groups in total. The summed E-state index contributed by atoms with van der Waals surface area (Å²) < 4.78 is 23.5.